The number of benzene rings is 1. The van der Waals surface area contributed by atoms with Crippen molar-refractivity contribution < 1.29 is 9.90 Å². The Bertz CT molecular complexity index is 402. The minimum atomic E-state index is -0.859. The van der Waals surface area contributed by atoms with E-state index in [1.807, 2.05) is 30.3 Å². The summed E-state index contributed by atoms with van der Waals surface area (Å²) in [4.78, 5) is 12.2. The fourth-order valence-corrected chi connectivity index (χ4v) is 1.99. The molecule has 1 aromatic rings. The first kappa shape index (κ1) is 12.1. The van der Waals surface area contributed by atoms with E-state index >= 15 is 0 Å². The zero-order valence-electron chi connectivity index (χ0n) is 10.4. The number of hydrogen-bond donors (Lipinski definition) is 2. The molecule has 3 nitrogen and oxygen atoms in total. The summed E-state index contributed by atoms with van der Waals surface area (Å²) in [6.45, 7) is 3.67. The van der Waals surface area contributed by atoms with Crippen LogP contribution in [0.5, 0.6) is 0 Å². The van der Waals surface area contributed by atoms with Gasteiger partial charge in [0, 0.05) is 6.54 Å². The van der Waals surface area contributed by atoms with Crippen molar-refractivity contribution in [3.63, 3.8) is 0 Å². The molecule has 1 aliphatic rings. The fraction of sp³-hybridized carbons (Fsp3) is 0.500. The molecule has 0 aliphatic heterocycles. The number of carbonyl (C=O) groups excluding carboxylic acids is 1. The van der Waals surface area contributed by atoms with Crippen molar-refractivity contribution in [3.8, 4) is 0 Å². The van der Waals surface area contributed by atoms with E-state index in [2.05, 4.69) is 5.32 Å². The van der Waals surface area contributed by atoms with Crippen LogP contribution >= 0.6 is 0 Å². The normalized spacial score (nSPS) is 17.6. The second-order valence-electron chi connectivity index (χ2n) is 5.44. The van der Waals surface area contributed by atoms with Gasteiger partial charge in [-0.1, -0.05) is 30.3 Å². The van der Waals surface area contributed by atoms with E-state index in [9.17, 15) is 9.90 Å². The minimum absolute atomic E-state index is 0.0332. The van der Waals surface area contributed by atoms with Crippen molar-refractivity contribution in [1.29, 1.82) is 0 Å². The maximum atomic E-state index is 12.2. The predicted molar refractivity (Wildman–Crippen MR) is 66.7 cm³/mol. The molecule has 0 unspecified atom stereocenters. The van der Waals surface area contributed by atoms with Gasteiger partial charge in [0.1, 0.15) is 0 Å². The molecule has 1 aromatic carbocycles. The van der Waals surface area contributed by atoms with Gasteiger partial charge >= 0.3 is 0 Å². The lowest BCUT2D eigenvalue weighted by Gasteiger charge is -2.21. The first-order valence-corrected chi connectivity index (χ1v) is 6.00. The maximum absolute atomic E-state index is 12.2. The third kappa shape index (κ3) is 2.67. The van der Waals surface area contributed by atoms with Gasteiger partial charge in [0.25, 0.3) is 0 Å². The van der Waals surface area contributed by atoms with Gasteiger partial charge in [-0.2, -0.15) is 0 Å². The molecule has 0 spiro atoms. The molecule has 2 N–H and O–H groups in total. The number of amides is 1. The summed E-state index contributed by atoms with van der Waals surface area (Å²) in [5.74, 6) is 0.0332. The summed E-state index contributed by atoms with van der Waals surface area (Å²) in [6, 6.07) is 9.86. The van der Waals surface area contributed by atoms with E-state index in [4.69, 9.17) is 0 Å². The van der Waals surface area contributed by atoms with E-state index in [1.54, 1.807) is 13.8 Å². The van der Waals surface area contributed by atoms with E-state index in [0.29, 0.717) is 6.54 Å². The lowest BCUT2D eigenvalue weighted by atomic mass is 9.95. The standard InChI is InChI=1S/C14H19NO2/c1-13(2,17)10-15-12(16)14(8-9-14)11-6-4-3-5-7-11/h3-7,17H,8-10H2,1-2H3,(H,15,16). The first-order valence-electron chi connectivity index (χ1n) is 6.00. The van der Waals surface area contributed by atoms with Gasteiger partial charge in [-0.05, 0) is 32.3 Å². The van der Waals surface area contributed by atoms with Crippen LogP contribution in [-0.2, 0) is 10.2 Å². The van der Waals surface area contributed by atoms with E-state index in [1.165, 1.54) is 0 Å². The van der Waals surface area contributed by atoms with Gasteiger partial charge in [0.05, 0.1) is 11.0 Å². The van der Waals surface area contributed by atoms with Gasteiger partial charge < -0.3 is 10.4 Å². The first-order chi connectivity index (χ1) is 7.94. The quantitative estimate of drug-likeness (QED) is 0.830. The average molecular weight is 233 g/mol. The van der Waals surface area contributed by atoms with Crippen LogP contribution in [0.1, 0.15) is 32.3 Å². The second-order valence-corrected chi connectivity index (χ2v) is 5.44. The number of carbonyl (C=O) groups is 1. The van der Waals surface area contributed by atoms with Crippen LogP contribution in [0, 0.1) is 0 Å². The molecular formula is C14H19NO2. The van der Waals surface area contributed by atoms with Gasteiger partial charge in [-0.25, -0.2) is 0 Å². The zero-order chi connectivity index (χ0) is 12.5. The van der Waals surface area contributed by atoms with Crippen molar-refractivity contribution in [2.75, 3.05) is 6.54 Å². The van der Waals surface area contributed by atoms with Crippen LogP contribution in [-0.4, -0.2) is 23.2 Å². The van der Waals surface area contributed by atoms with Gasteiger partial charge in [0.2, 0.25) is 5.91 Å². The number of rotatable bonds is 4. The Balaban J connectivity index is 2.05. The maximum Gasteiger partial charge on any atom is 0.230 e. The molecule has 1 fully saturated rings. The summed E-state index contributed by atoms with van der Waals surface area (Å²) >= 11 is 0. The van der Waals surface area contributed by atoms with Crippen molar-refractivity contribution in [2.24, 2.45) is 0 Å². The summed E-state index contributed by atoms with van der Waals surface area (Å²) in [7, 11) is 0. The predicted octanol–water partition coefficient (Wildman–Crippen LogP) is 1.61. The molecule has 3 heteroatoms. The highest BCUT2D eigenvalue weighted by Crippen LogP contribution is 2.48. The van der Waals surface area contributed by atoms with E-state index in [0.717, 1.165) is 18.4 Å². The summed E-state index contributed by atoms with van der Waals surface area (Å²) in [5.41, 5.74) is -0.122. The molecule has 1 aliphatic carbocycles. The molecule has 0 bridgehead atoms. The van der Waals surface area contributed by atoms with Crippen LogP contribution in [0.25, 0.3) is 0 Å². The molecule has 0 atom stereocenters. The Kier molecular flexibility index (Phi) is 2.96. The van der Waals surface area contributed by atoms with Crippen LogP contribution in [0.15, 0.2) is 30.3 Å². The number of aliphatic hydroxyl groups is 1. The Morgan fingerprint density at radius 3 is 2.41 bits per heavy atom. The Hall–Kier alpha value is -1.35. The SMILES string of the molecule is CC(C)(O)CNC(=O)C1(c2ccccc2)CC1. The molecule has 0 aromatic heterocycles. The zero-order valence-corrected chi connectivity index (χ0v) is 10.4. The van der Waals surface area contributed by atoms with Crippen molar-refractivity contribution >= 4 is 5.91 Å². The average Bonchev–Trinajstić information content (AvgIpc) is 3.07. The second kappa shape index (κ2) is 4.15. The molecule has 0 heterocycles. The third-order valence-electron chi connectivity index (χ3n) is 3.19. The van der Waals surface area contributed by atoms with Crippen LogP contribution in [0.3, 0.4) is 0 Å². The monoisotopic (exact) mass is 233 g/mol. The molecule has 0 radical (unpaired) electrons. The van der Waals surface area contributed by atoms with Crippen molar-refractivity contribution in [2.45, 2.75) is 37.7 Å². The largest absolute Gasteiger partial charge is 0.389 e. The summed E-state index contributed by atoms with van der Waals surface area (Å²) < 4.78 is 0. The fourth-order valence-electron chi connectivity index (χ4n) is 1.99. The van der Waals surface area contributed by atoms with E-state index < -0.39 is 5.60 Å². The molecule has 1 saturated carbocycles. The lowest BCUT2D eigenvalue weighted by molar-refractivity contribution is -0.124. The Labute approximate surface area is 102 Å². The highest BCUT2D eigenvalue weighted by Gasteiger charge is 2.51. The highest BCUT2D eigenvalue weighted by molar-refractivity contribution is 5.91. The van der Waals surface area contributed by atoms with Crippen molar-refractivity contribution in [1.82, 2.24) is 5.32 Å². The van der Waals surface area contributed by atoms with Gasteiger partial charge in [-0.3, -0.25) is 4.79 Å². The molecule has 2 rings (SSSR count). The summed E-state index contributed by atoms with van der Waals surface area (Å²) in [6.07, 6.45) is 1.80. The smallest absolute Gasteiger partial charge is 0.230 e. The van der Waals surface area contributed by atoms with E-state index in [-0.39, 0.29) is 11.3 Å². The highest BCUT2D eigenvalue weighted by atomic mass is 16.3. The molecule has 92 valence electrons. The Morgan fingerprint density at radius 2 is 1.94 bits per heavy atom. The molecule has 0 saturated heterocycles. The van der Waals surface area contributed by atoms with Crippen molar-refractivity contribution in [3.05, 3.63) is 35.9 Å². The summed E-state index contributed by atoms with van der Waals surface area (Å²) in [5, 5.41) is 12.4. The van der Waals surface area contributed by atoms with Crippen LogP contribution in [0.2, 0.25) is 0 Å². The van der Waals surface area contributed by atoms with Gasteiger partial charge in [-0.15, -0.1) is 0 Å². The number of hydrogen-bond acceptors (Lipinski definition) is 2. The molecular weight excluding hydrogens is 214 g/mol. The molecule has 17 heavy (non-hydrogen) atoms. The minimum Gasteiger partial charge on any atom is -0.389 e. The van der Waals surface area contributed by atoms with Crippen LogP contribution < -0.4 is 5.32 Å². The molecule has 1 amide bonds. The lowest BCUT2D eigenvalue weighted by Crippen LogP contribution is -2.42. The van der Waals surface area contributed by atoms with Crippen LogP contribution in [0.4, 0.5) is 0 Å². The Morgan fingerprint density at radius 1 is 1.35 bits per heavy atom. The van der Waals surface area contributed by atoms with Gasteiger partial charge in [0.15, 0.2) is 0 Å². The third-order valence-corrected chi connectivity index (χ3v) is 3.19. The number of nitrogens with one attached hydrogen (secondary N) is 1. The topological polar surface area (TPSA) is 49.3 Å².